The maximum atomic E-state index is 12.3. The van der Waals surface area contributed by atoms with E-state index in [1.807, 2.05) is 5.32 Å². The third-order valence-corrected chi connectivity index (χ3v) is 2.23. The summed E-state index contributed by atoms with van der Waals surface area (Å²) in [7, 11) is 0. The van der Waals surface area contributed by atoms with Crippen LogP contribution in [0.4, 0.5) is 13.2 Å². The summed E-state index contributed by atoms with van der Waals surface area (Å²) in [5.41, 5.74) is -1.92. The van der Waals surface area contributed by atoms with Crippen molar-refractivity contribution in [2.45, 2.75) is 31.0 Å². The number of thiol groups is 1. The first-order valence-corrected chi connectivity index (χ1v) is 4.53. The minimum Gasteiger partial charge on any atom is -0.342 e. The van der Waals surface area contributed by atoms with Crippen LogP contribution in [0.1, 0.15) is 19.3 Å². The van der Waals surface area contributed by atoms with E-state index >= 15 is 0 Å². The Morgan fingerprint density at radius 1 is 1.46 bits per heavy atom. The number of nitrogens with one attached hydrogen (secondary N) is 1. The van der Waals surface area contributed by atoms with Crippen LogP contribution < -0.4 is 5.32 Å². The third-order valence-electron chi connectivity index (χ3n) is 2.01. The summed E-state index contributed by atoms with van der Waals surface area (Å²) in [6.07, 6.45) is -4.30. The molecule has 6 heteroatoms. The lowest BCUT2D eigenvalue weighted by molar-refractivity contribution is -0.170. The van der Waals surface area contributed by atoms with Gasteiger partial charge in [0.2, 0.25) is 5.91 Å². The summed E-state index contributed by atoms with van der Waals surface area (Å²) in [6.45, 7) is 0. The molecule has 0 heterocycles. The van der Waals surface area contributed by atoms with Gasteiger partial charge >= 0.3 is 6.18 Å². The quantitative estimate of drug-likeness (QED) is 0.684. The van der Waals surface area contributed by atoms with Gasteiger partial charge in [-0.15, -0.1) is 0 Å². The molecule has 0 saturated heterocycles. The maximum absolute atomic E-state index is 12.3. The first-order valence-electron chi connectivity index (χ1n) is 3.90. The normalized spacial score (nSPS) is 19.7. The summed E-state index contributed by atoms with van der Waals surface area (Å²) in [5, 5.41) is 2.00. The molecule has 0 aliphatic heterocycles. The first-order chi connectivity index (χ1) is 5.91. The van der Waals surface area contributed by atoms with E-state index in [4.69, 9.17) is 0 Å². The molecule has 1 rings (SSSR count). The van der Waals surface area contributed by atoms with Crippen LogP contribution in [0.5, 0.6) is 0 Å². The Balaban J connectivity index is 2.49. The second kappa shape index (κ2) is 3.40. The number of rotatable bonds is 3. The summed E-state index contributed by atoms with van der Waals surface area (Å²) in [4.78, 5) is 10.9. The van der Waals surface area contributed by atoms with Gasteiger partial charge in [0, 0.05) is 6.42 Å². The molecule has 0 bridgehead atoms. The van der Waals surface area contributed by atoms with Gasteiger partial charge in [0.1, 0.15) is 5.54 Å². The number of carbonyl (C=O) groups excluding carboxylic acids is 1. The smallest absolute Gasteiger partial charge is 0.342 e. The molecule has 76 valence electrons. The van der Waals surface area contributed by atoms with Crippen molar-refractivity contribution in [1.82, 2.24) is 5.32 Å². The summed E-state index contributed by atoms with van der Waals surface area (Å²) < 4.78 is 36.8. The molecule has 1 aliphatic carbocycles. The van der Waals surface area contributed by atoms with Crippen LogP contribution in [0.25, 0.3) is 0 Å². The van der Waals surface area contributed by atoms with Gasteiger partial charge in [0.15, 0.2) is 0 Å². The standard InChI is InChI=1S/C7H10F3NOS/c8-7(9,10)6(2-3-6)11-5(12)1-4-13/h13H,1-4H2,(H,11,12). The highest BCUT2D eigenvalue weighted by Gasteiger charge is 2.64. The SMILES string of the molecule is O=C(CCS)NC1(C(F)(F)F)CC1. The second-order valence-corrected chi connectivity index (χ2v) is 3.55. The van der Waals surface area contributed by atoms with Crippen molar-refractivity contribution >= 4 is 18.5 Å². The zero-order valence-corrected chi connectivity index (χ0v) is 7.71. The predicted molar refractivity (Wildman–Crippen MR) is 44.6 cm³/mol. The predicted octanol–water partition coefficient (Wildman–Crippen LogP) is 1.52. The Bertz CT molecular complexity index is 212. The van der Waals surface area contributed by atoms with E-state index in [0.717, 1.165) is 0 Å². The van der Waals surface area contributed by atoms with Crippen LogP contribution in [0.3, 0.4) is 0 Å². The largest absolute Gasteiger partial charge is 0.411 e. The van der Waals surface area contributed by atoms with Gasteiger partial charge in [-0.2, -0.15) is 25.8 Å². The molecule has 0 radical (unpaired) electrons. The molecule has 1 saturated carbocycles. The molecule has 0 aromatic heterocycles. The molecular weight excluding hydrogens is 203 g/mol. The van der Waals surface area contributed by atoms with E-state index in [2.05, 4.69) is 12.6 Å². The molecular formula is C7H10F3NOS. The lowest BCUT2D eigenvalue weighted by Crippen LogP contribution is -2.47. The number of alkyl halides is 3. The van der Waals surface area contributed by atoms with Crippen molar-refractivity contribution in [2.24, 2.45) is 0 Å². The zero-order valence-electron chi connectivity index (χ0n) is 6.82. The molecule has 0 spiro atoms. The Morgan fingerprint density at radius 3 is 2.31 bits per heavy atom. The zero-order chi connectivity index (χ0) is 10.1. The second-order valence-electron chi connectivity index (χ2n) is 3.10. The van der Waals surface area contributed by atoms with Gasteiger partial charge in [0.05, 0.1) is 0 Å². The molecule has 1 amide bonds. The number of carbonyl (C=O) groups is 1. The van der Waals surface area contributed by atoms with Crippen LogP contribution in [-0.2, 0) is 4.79 Å². The average molecular weight is 213 g/mol. The van der Waals surface area contributed by atoms with Crippen LogP contribution >= 0.6 is 12.6 Å². The Kier molecular flexibility index (Phi) is 2.79. The van der Waals surface area contributed by atoms with E-state index in [0.29, 0.717) is 0 Å². The van der Waals surface area contributed by atoms with Crippen LogP contribution in [0.15, 0.2) is 0 Å². The van der Waals surface area contributed by atoms with Gasteiger partial charge in [0.25, 0.3) is 0 Å². The van der Waals surface area contributed by atoms with Crippen LogP contribution in [0, 0.1) is 0 Å². The van der Waals surface area contributed by atoms with Crippen molar-refractivity contribution in [2.75, 3.05) is 5.75 Å². The van der Waals surface area contributed by atoms with Crippen molar-refractivity contribution in [1.29, 1.82) is 0 Å². The van der Waals surface area contributed by atoms with E-state index in [-0.39, 0.29) is 25.0 Å². The van der Waals surface area contributed by atoms with Crippen molar-refractivity contribution in [3.8, 4) is 0 Å². The molecule has 2 nitrogen and oxygen atoms in total. The molecule has 1 aliphatic rings. The molecule has 13 heavy (non-hydrogen) atoms. The van der Waals surface area contributed by atoms with Crippen molar-refractivity contribution < 1.29 is 18.0 Å². The first kappa shape index (κ1) is 10.7. The van der Waals surface area contributed by atoms with Crippen LogP contribution in [0.2, 0.25) is 0 Å². The number of halogens is 3. The Labute approximate surface area is 79.3 Å². The van der Waals surface area contributed by atoms with Crippen molar-refractivity contribution in [3.05, 3.63) is 0 Å². The van der Waals surface area contributed by atoms with Gasteiger partial charge in [-0.3, -0.25) is 4.79 Å². The number of hydrogen-bond donors (Lipinski definition) is 2. The topological polar surface area (TPSA) is 29.1 Å². The fraction of sp³-hybridized carbons (Fsp3) is 0.857. The lowest BCUT2D eigenvalue weighted by Gasteiger charge is -2.20. The summed E-state index contributed by atoms with van der Waals surface area (Å²) in [6, 6.07) is 0. The molecule has 0 aromatic carbocycles. The van der Waals surface area contributed by atoms with Gasteiger partial charge in [-0.1, -0.05) is 0 Å². The van der Waals surface area contributed by atoms with E-state index in [9.17, 15) is 18.0 Å². The van der Waals surface area contributed by atoms with E-state index in [1.165, 1.54) is 0 Å². The molecule has 0 unspecified atom stereocenters. The Hall–Kier alpha value is -0.390. The minimum atomic E-state index is -4.32. The molecule has 0 atom stereocenters. The van der Waals surface area contributed by atoms with Crippen LogP contribution in [-0.4, -0.2) is 23.4 Å². The monoisotopic (exact) mass is 213 g/mol. The summed E-state index contributed by atoms with van der Waals surface area (Å²) in [5.74, 6) is -0.315. The minimum absolute atomic E-state index is 0.00515. The fourth-order valence-corrected chi connectivity index (χ4v) is 1.24. The molecule has 0 aromatic rings. The third kappa shape index (κ3) is 2.30. The van der Waals surface area contributed by atoms with E-state index in [1.54, 1.807) is 0 Å². The highest BCUT2D eigenvalue weighted by atomic mass is 32.1. The van der Waals surface area contributed by atoms with Gasteiger partial charge < -0.3 is 5.32 Å². The highest BCUT2D eigenvalue weighted by Crippen LogP contribution is 2.48. The molecule has 1 N–H and O–H groups in total. The lowest BCUT2D eigenvalue weighted by atomic mass is 10.2. The van der Waals surface area contributed by atoms with Crippen molar-refractivity contribution in [3.63, 3.8) is 0 Å². The maximum Gasteiger partial charge on any atom is 0.411 e. The number of amides is 1. The van der Waals surface area contributed by atoms with E-state index < -0.39 is 17.6 Å². The molecule has 1 fully saturated rings. The Morgan fingerprint density at radius 2 is 2.00 bits per heavy atom. The average Bonchev–Trinajstić information content (AvgIpc) is 2.67. The van der Waals surface area contributed by atoms with Gasteiger partial charge in [-0.25, -0.2) is 0 Å². The highest BCUT2D eigenvalue weighted by molar-refractivity contribution is 7.80. The summed E-state index contributed by atoms with van der Waals surface area (Å²) >= 11 is 3.76. The number of hydrogen-bond acceptors (Lipinski definition) is 2. The fourth-order valence-electron chi connectivity index (χ4n) is 1.04. The van der Waals surface area contributed by atoms with Gasteiger partial charge in [-0.05, 0) is 18.6 Å².